The number of H-pyrrole nitrogens is 1. The first-order valence-corrected chi connectivity index (χ1v) is 11.4. The van der Waals surface area contributed by atoms with Crippen LogP contribution in [-0.4, -0.2) is 32.4 Å². The van der Waals surface area contributed by atoms with Crippen molar-refractivity contribution in [2.24, 2.45) is 0 Å². The van der Waals surface area contributed by atoms with Crippen LogP contribution in [0.3, 0.4) is 0 Å². The highest BCUT2D eigenvalue weighted by atomic mass is 32.1. The van der Waals surface area contributed by atoms with E-state index >= 15 is 0 Å². The van der Waals surface area contributed by atoms with Crippen LogP contribution < -0.4 is 10.6 Å². The number of benzene rings is 1. The Hall–Kier alpha value is -3.19. The molecule has 7 heteroatoms. The summed E-state index contributed by atoms with van der Waals surface area (Å²) < 4.78 is 0. The van der Waals surface area contributed by atoms with E-state index in [1.165, 1.54) is 5.56 Å². The molecule has 0 spiro atoms. The maximum Gasteiger partial charge on any atom is 0.226 e. The van der Waals surface area contributed by atoms with Gasteiger partial charge in [0, 0.05) is 36.2 Å². The second-order valence-corrected chi connectivity index (χ2v) is 8.55. The minimum atomic E-state index is -0.0820. The van der Waals surface area contributed by atoms with Crippen LogP contribution in [0.5, 0.6) is 0 Å². The zero-order chi connectivity index (χ0) is 22.7. The normalized spacial score (nSPS) is 18.0. The number of thiocarbonyl (C=S) groups is 1. The summed E-state index contributed by atoms with van der Waals surface area (Å²) in [7, 11) is 0. The second-order valence-electron chi connectivity index (χ2n) is 8.16. The van der Waals surface area contributed by atoms with E-state index in [1.807, 2.05) is 42.5 Å². The third kappa shape index (κ3) is 4.53. The molecule has 1 saturated heterocycles. The van der Waals surface area contributed by atoms with Crippen LogP contribution in [-0.2, 0) is 11.2 Å². The Balaban J connectivity index is 1.55. The van der Waals surface area contributed by atoms with Gasteiger partial charge >= 0.3 is 0 Å². The number of carbonyl (C=O) groups is 1. The van der Waals surface area contributed by atoms with Crippen molar-refractivity contribution in [2.45, 2.75) is 45.7 Å². The monoisotopic (exact) mass is 447 g/mol. The molecule has 0 radical (unpaired) electrons. The zero-order valence-corrected chi connectivity index (χ0v) is 19.5. The number of pyridine rings is 1. The van der Waals surface area contributed by atoms with Crippen molar-refractivity contribution in [2.75, 3.05) is 11.9 Å². The molecule has 1 amide bonds. The molecule has 2 aromatic heterocycles. The van der Waals surface area contributed by atoms with Crippen LogP contribution in [0, 0.1) is 13.8 Å². The van der Waals surface area contributed by atoms with E-state index in [2.05, 4.69) is 52.3 Å². The van der Waals surface area contributed by atoms with Gasteiger partial charge in [0.15, 0.2) is 5.11 Å². The number of anilines is 1. The van der Waals surface area contributed by atoms with E-state index < -0.39 is 0 Å². The Morgan fingerprint density at radius 2 is 1.97 bits per heavy atom. The number of hydrogen-bond donors (Lipinski definition) is 3. The van der Waals surface area contributed by atoms with Crippen molar-refractivity contribution < 1.29 is 4.79 Å². The largest absolute Gasteiger partial charge is 0.362 e. The molecule has 4 rings (SSSR count). The third-order valence-electron chi connectivity index (χ3n) is 5.96. The SMILES string of the molecule is CCc1ccccc1NC(=O)CCN1C(=S)N[C@@H](c2ccccn2)[C@H]1c1cc(C)[nH]c1C. The van der Waals surface area contributed by atoms with Gasteiger partial charge in [0.1, 0.15) is 0 Å². The summed E-state index contributed by atoms with van der Waals surface area (Å²) in [6, 6.07) is 15.9. The average Bonchev–Trinajstić information content (AvgIpc) is 3.30. The summed E-state index contributed by atoms with van der Waals surface area (Å²) in [6.07, 6.45) is 3.01. The van der Waals surface area contributed by atoms with Gasteiger partial charge in [-0.1, -0.05) is 31.2 Å². The number of hydrogen-bond acceptors (Lipinski definition) is 3. The summed E-state index contributed by atoms with van der Waals surface area (Å²) in [4.78, 5) is 22.9. The molecule has 166 valence electrons. The Morgan fingerprint density at radius 3 is 2.66 bits per heavy atom. The fraction of sp³-hybridized carbons (Fsp3) is 0.320. The fourth-order valence-corrected chi connectivity index (χ4v) is 4.75. The molecular formula is C25H29N5OS. The standard InChI is InChI=1S/C25H29N5OS/c1-4-18-9-5-6-10-20(18)28-22(31)12-14-30-24(19-15-16(2)27-17(19)3)23(29-25(30)32)21-11-7-8-13-26-21/h5-11,13,15,23-24,27H,4,12,14H2,1-3H3,(H,28,31)(H,29,32)/t23-,24+/m0/s1. The molecule has 0 aliphatic carbocycles. The number of aryl methyl sites for hydroxylation is 3. The van der Waals surface area contributed by atoms with Gasteiger partial charge in [0.25, 0.3) is 0 Å². The molecule has 3 heterocycles. The maximum absolute atomic E-state index is 12.8. The summed E-state index contributed by atoms with van der Waals surface area (Å²) >= 11 is 5.71. The number of nitrogens with one attached hydrogen (secondary N) is 3. The molecule has 1 aromatic carbocycles. The van der Waals surface area contributed by atoms with Gasteiger partial charge in [-0.2, -0.15) is 0 Å². The topological polar surface area (TPSA) is 73.1 Å². The highest BCUT2D eigenvalue weighted by molar-refractivity contribution is 7.80. The molecule has 3 aromatic rings. The molecule has 1 aliphatic rings. The van der Waals surface area contributed by atoms with E-state index in [0.717, 1.165) is 34.8 Å². The quantitative estimate of drug-likeness (QED) is 0.462. The van der Waals surface area contributed by atoms with E-state index in [9.17, 15) is 4.79 Å². The first-order valence-electron chi connectivity index (χ1n) is 11.0. The molecule has 1 aliphatic heterocycles. The molecule has 0 saturated carbocycles. The van der Waals surface area contributed by atoms with E-state index in [0.29, 0.717) is 18.1 Å². The lowest BCUT2D eigenvalue weighted by Gasteiger charge is -2.27. The lowest BCUT2D eigenvalue weighted by molar-refractivity contribution is -0.116. The molecule has 6 nitrogen and oxygen atoms in total. The molecule has 3 N–H and O–H groups in total. The summed E-state index contributed by atoms with van der Waals surface area (Å²) in [5.74, 6) is -0.0179. The Morgan fingerprint density at radius 1 is 1.19 bits per heavy atom. The van der Waals surface area contributed by atoms with Gasteiger partial charge < -0.3 is 20.5 Å². The molecular weight excluding hydrogens is 418 g/mol. The smallest absolute Gasteiger partial charge is 0.226 e. The lowest BCUT2D eigenvalue weighted by atomic mass is 9.96. The van der Waals surface area contributed by atoms with Crippen molar-refractivity contribution in [3.8, 4) is 0 Å². The summed E-state index contributed by atoms with van der Waals surface area (Å²) in [6.45, 7) is 6.73. The highest BCUT2D eigenvalue weighted by Crippen LogP contribution is 2.40. The van der Waals surface area contributed by atoms with Crippen molar-refractivity contribution in [1.82, 2.24) is 20.2 Å². The van der Waals surface area contributed by atoms with Crippen LogP contribution >= 0.6 is 12.2 Å². The van der Waals surface area contributed by atoms with Crippen molar-refractivity contribution in [1.29, 1.82) is 0 Å². The fourth-order valence-electron chi connectivity index (χ4n) is 4.42. The lowest BCUT2D eigenvalue weighted by Crippen LogP contribution is -2.32. The van der Waals surface area contributed by atoms with Gasteiger partial charge in [0.2, 0.25) is 5.91 Å². The molecule has 32 heavy (non-hydrogen) atoms. The minimum absolute atomic E-state index is 0.0179. The van der Waals surface area contributed by atoms with Crippen molar-refractivity contribution in [3.63, 3.8) is 0 Å². The van der Waals surface area contributed by atoms with Crippen LogP contribution in [0.4, 0.5) is 5.69 Å². The predicted octanol–water partition coefficient (Wildman–Crippen LogP) is 4.59. The number of nitrogens with zero attached hydrogens (tertiary/aromatic N) is 2. The molecule has 1 fully saturated rings. The maximum atomic E-state index is 12.8. The van der Waals surface area contributed by atoms with Crippen LogP contribution in [0.25, 0.3) is 0 Å². The Kier molecular flexibility index (Phi) is 6.55. The van der Waals surface area contributed by atoms with Gasteiger partial charge in [-0.05, 0) is 67.9 Å². The molecule has 0 bridgehead atoms. The van der Waals surface area contributed by atoms with Crippen LogP contribution in [0.15, 0.2) is 54.7 Å². The van der Waals surface area contributed by atoms with E-state index in [1.54, 1.807) is 6.20 Å². The third-order valence-corrected chi connectivity index (χ3v) is 6.31. The number of aromatic amines is 1. The average molecular weight is 448 g/mol. The van der Waals surface area contributed by atoms with Crippen LogP contribution in [0.2, 0.25) is 0 Å². The summed E-state index contributed by atoms with van der Waals surface area (Å²) in [5.41, 5.74) is 6.31. The number of carbonyl (C=O) groups excluding carboxylic acids is 1. The van der Waals surface area contributed by atoms with Crippen molar-refractivity contribution in [3.05, 3.63) is 82.9 Å². The Bertz CT molecular complexity index is 1110. The molecule has 0 unspecified atom stereocenters. The second kappa shape index (κ2) is 9.53. The summed E-state index contributed by atoms with van der Waals surface area (Å²) in [5, 5.41) is 7.16. The van der Waals surface area contributed by atoms with E-state index in [4.69, 9.17) is 12.2 Å². The number of rotatable bonds is 7. The van der Waals surface area contributed by atoms with Gasteiger partial charge in [-0.25, -0.2) is 0 Å². The zero-order valence-electron chi connectivity index (χ0n) is 18.7. The van der Waals surface area contributed by atoms with Gasteiger partial charge in [-0.3, -0.25) is 9.78 Å². The first-order chi connectivity index (χ1) is 15.5. The van der Waals surface area contributed by atoms with Gasteiger partial charge in [0.05, 0.1) is 17.8 Å². The van der Waals surface area contributed by atoms with E-state index in [-0.39, 0.29) is 18.0 Å². The molecule has 2 atom stereocenters. The highest BCUT2D eigenvalue weighted by Gasteiger charge is 2.40. The first kappa shape index (κ1) is 22.0. The minimum Gasteiger partial charge on any atom is -0.362 e. The number of aromatic nitrogens is 2. The number of amides is 1. The van der Waals surface area contributed by atoms with Crippen molar-refractivity contribution >= 4 is 28.9 Å². The Labute approximate surface area is 194 Å². The predicted molar refractivity (Wildman–Crippen MR) is 131 cm³/mol. The van der Waals surface area contributed by atoms with Crippen LogP contribution in [0.1, 0.15) is 53.6 Å². The van der Waals surface area contributed by atoms with Gasteiger partial charge in [-0.15, -0.1) is 0 Å². The number of para-hydroxylation sites is 1.